The lowest BCUT2D eigenvalue weighted by Crippen LogP contribution is -2.37. The molecule has 5 heteroatoms. The van der Waals surface area contributed by atoms with Crippen molar-refractivity contribution in [2.24, 2.45) is 5.92 Å². The van der Waals surface area contributed by atoms with Crippen molar-refractivity contribution in [1.82, 2.24) is 4.90 Å². The van der Waals surface area contributed by atoms with Crippen molar-refractivity contribution in [3.8, 4) is 0 Å². The van der Waals surface area contributed by atoms with Crippen LogP contribution in [0, 0.1) is 12.8 Å². The topological polar surface area (TPSA) is 70.8 Å². The molecule has 0 saturated heterocycles. The van der Waals surface area contributed by atoms with E-state index in [0.29, 0.717) is 6.54 Å². The molecule has 1 unspecified atom stereocenters. The Hall–Kier alpha value is -1.78. The molecule has 0 aliphatic carbocycles. The van der Waals surface area contributed by atoms with Crippen LogP contribution in [0.25, 0.3) is 0 Å². The lowest BCUT2D eigenvalue weighted by atomic mass is 10.0. The summed E-state index contributed by atoms with van der Waals surface area (Å²) in [6.07, 6.45) is 0.252. The van der Waals surface area contributed by atoms with Crippen LogP contribution in [-0.4, -0.2) is 27.9 Å². The van der Waals surface area contributed by atoms with Gasteiger partial charge in [0.1, 0.15) is 11.5 Å². The number of carbonyl (C=O) groups excluding carboxylic acids is 1. The highest BCUT2D eigenvalue weighted by molar-refractivity contribution is 5.77. The van der Waals surface area contributed by atoms with Crippen LogP contribution in [0.3, 0.4) is 0 Å². The van der Waals surface area contributed by atoms with Gasteiger partial charge in [-0.3, -0.25) is 9.59 Å². The maximum Gasteiger partial charge on any atom is 0.303 e. The van der Waals surface area contributed by atoms with E-state index in [9.17, 15) is 9.59 Å². The van der Waals surface area contributed by atoms with Gasteiger partial charge >= 0.3 is 5.97 Å². The van der Waals surface area contributed by atoms with Gasteiger partial charge in [0.2, 0.25) is 5.91 Å². The molecule has 1 aromatic heterocycles. The first-order chi connectivity index (χ1) is 9.29. The maximum atomic E-state index is 12.3. The number of hydrogen-bond donors (Lipinski definition) is 1. The number of aryl methyl sites for hydroxylation is 1. The van der Waals surface area contributed by atoms with Crippen molar-refractivity contribution in [2.45, 2.75) is 53.1 Å². The van der Waals surface area contributed by atoms with Gasteiger partial charge in [-0.2, -0.15) is 0 Å². The van der Waals surface area contributed by atoms with Gasteiger partial charge in [0.25, 0.3) is 0 Å². The van der Waals surface area contributed by atoms with Gasteiger partial charge in [-0.15, -0.1) is 0 Å². The number of furan rings is 1. The molecule has 0 saturated carbocycles. The summed E-state index contributed by atoms with van der Waals surface area (Å²) in [4.78, 5) is 24.6. The van der Waals surface area contributed by atoms with Crippen molar-refractivity contribution >= 4 is 11.9 Å². The summed E-state index contributed by atoms with van der Waals surface area (Å²) in [6.45, 7) is 7.94. The largest absolute Gasteiger partial charge is 0.481 e. The number of amides is 1. The first-order valence-electron chi connectivity index (χ1n) is 6.86. The van der Waals surface area contributed by atoms with Crippen molar-refractivity contribution in [3.05, 3.63) is 23.7 Å². The zero-order valence-corrected chi connectivity index (χ0v) is 12.5. The number of carboxylic acids is 1. The molecule has 0 aliphatic rings. The lowest BCUT2D eigenvalue weighted by Gasteiger charge is -2.27. The van der Waals surface area contributed by atoms with E-state index in [2.05, 4.69) is 0 Å². The third-order valence-corrected chi connectivity index (χ3v) is 3.11. The molecule has 0 radical (unpaired) electrons. The number of carbonyl (C=O) groups is 2. The second-order valence-corrected chi connectivity index (χ2v) is 5.53. The van der Waals surface area contributed by atoms with Crippen LogP contribution in [0.4, 0.5) is 0 Å². The molecular formula is C15H23NO4. The molecule has 1 amide bonds. The van der Waals surface area contributed by atoms with E-state index in [-0.39, 0.29) is 30.7 Å². The Kier molecular flexibility index (Phi) is 5.80. The standard InChI is InChI=1S/C15H23NO4/c1-10(2)16(9-13-6-5-12(4)20-13)14(17)7-11(3)8-15(18)19/h5-6,10-11H,7-9H2,1-4H3,(H,18,19). The average molecular weight is 281 g/mol. The number of rotatable bonds is 7. The third-order valence-electron chi connectivity index (χ3n) is 3.11. The summed E-state index contributed by atoms with van der Waals surface area (Å²) < 4.78 is 5.50. The zero-order valence-electron chi connectivity index (χ0n) is 12.5. The van der Waals surface area contributed by atoms with E-state index in [1.54, 1.807) is 11.8 Å². The smallest absolute Gasteiger partial charge is 0.303 e. The molecule has 1 heterocycles. The highest BCUT2D eigenvalue weighted by Gasteiger charge is 2.21. The number of hydrogen-bond acceptors (Lipinski definition) is 3. The average Bonchev–Trinajstić information content (AvgIpc) is 2.69. The SMILES string of the molecule is Cc1ccc(CN(C(=O)CC(C)CC(=O)O)C(C)C)o1. The number of carboxylic acid groups (broad SMARTS) is 1. The van der Waals surface area contributed by atoms with Crippen LogP contribution in [0.5, 0.6) is 0 Å². The summed E-state index contributed by atoms with van der Waals surface area (Å²) in [5.74, 6) is 0.483. The molecule has 112 valence electrons. The Morgan fingerprint density at radius 3 is 2.35 bits per heavy atom. The molecule has 1 rings (SSSR count). The fraction of sp³-hybridized carbons (Fsp3) is 0.600. The summed E-state index contributed by atoms with van der Waals surface area (Å²) in [5, 5.41) is 8.74. The minimum atomic E-state index is -0.872. The maximum absolute atomic E-state index is 12.3. The first kappa shape index (κ1) is 16.3. The second-order valence-electron chi connectivity index (χ2n) is 5.53. The molecular weight excluding hydrogens is 258 g/mol. The minimum Gasteiger partial charge on any atom is -0.481 e. The van der Waals surface area contributed by atoms with E-state index in [4.69, 9.17) is 9.52 Å². The Bertz CT molecular complexity index is 464. The van der Waals surface area contributed by atoms with Gasteiger partial charge in [0, 0.05) is 18.9 Å². The molecule has 0 aliphatic heterocycles. The van der Waals surface area contributed by atoms with E-state index < -0.39 is 5.97 Å². The van der Waals surface area contributed by atoms with Crippen LogP contribution in [0.15, 0.2) is 16.5 Å². The molecule has 0 fully saturated rings. The van der Waals surface area contributed by atoms with Crippen molar-refractivity contribution in [1.29, 1.82) is 0 Å². The van der Waals surface area contributed by atoms with Crippen molar-refractivity contribution in [3.63, 3.8) is 0 Å². The molecule has 0 aromatic carbocycles. The van der Waals surface area contributed by atoms with Crippen LogP contribution in [0.2, 0.25) is 0 Å². The third kappa shape index (κ3) is 5.07. The Balaban J connectivity index is 2.65. The van der Waals surface area contributed by atoms with Crippen LogP contribution >= 0.6 is 0 Å². The predicted molar refractivity (Wildman–Crippen MR) is 75.2 cm³/mol. The molecule has 1 aromatic rings. The molecule has 20 heavy (non-hydrogen) atoms. The zero-order chi connectivity index (χ0) is 15.3. The van der Waals surface area contributed by atoms with Gasteiger partial charge in [0.15, 0.2) is 0 Å². The van der Waals surface area contributed by atoms with E-state index >= 15 is 0 Å². The first-order valence-corrected chi connectivity index (χ1v) is 6.86. The van der Waals surface area contributed by atoms with E-state index in [1.807, 2.05) is 32.9 Å². The highest BCUT2D eigenvalue weighted by atomic mass is 16.4. The Labute approximate surface area is 119 Å². The van der Waals surface area contributed by atoms with Crippen LogP contribution in [0.1, 0.15) is 45.1 Å². The normalized spacial score (nSPS) is 12.4. The van der Waals surface area contributed by atoms with Gasteiger partial charge in [0.05, 0.1) is 6.54 Å². The summed E-state index contributed by atoms with van der Waals surface area (Å²) >= 11 is 0. The molecule has 1 N–H and O–H groups in total. The van der Waals surface area contributed by atoms with E-state index in [0.717, 1.165) is 11.5 Å². The fourth-order valence-electron chi connectivity index (χ4n) is 2.08. The highest BCUT2D eigenvalue weighted by Crippen LogP contribution is 2.16. The Morgan fingerprint density at radius 1 is 1.25 bits per heavy atom. The van der Waals surface area contributed by atoms with Gasteiger partial charge in [-0.25, -0.2) is 0 Å². The van der Waals surface area contributed by atoms with Gasteiger partial charge < -0.3 is 14.4 Å². The van der Waals surface area contributed by atoms with Gasteiger partial charge in [-0.1, -0.05) is 6.92 Å². The van der Waals surface area contributed by atoms with Crippen molar-refractivity contribution in [2.75, 3.05) is 0 Å². The molecule has 5 nitrogen and oxygen atoms in total. The number of aliphatic carboxylic acids is 1. The molecule has 1 atom stereocenters. The molecule has 0 spiro atoms. The van der Waals surface area contributed by atoms with Crippen LogP contribution < -0.4 is 0 Å². The van der Waals surface area contributed by atoms with Crippen LogP contribution in [-0.2, 0) is 16.1 Å². The van der Waals surface area contributed by atoms with Crippen molar-refractivity contribution < 1.29 is 19.1 Å². The predicted octanol–water partition coefficient (Wildman–Crippen LogP) is 2.83. The van der Waals surface area contributed by atoms with Gasteiger partial charge in [-0.05, 0) is 38.8 Å². The van der Waals surface area contributed by atoms with E-state index in [1.165, 1.54) is 0 Å². The second kappa shape index (κ2) is 7.12. The summed E-state index contributed by atoms with van der Waals surface area (Å²) in [7, 11) is 0. The quantitative estimate of drug-likeness (QED) is 0.834. The summed E-state index contributed by atoms with van der Waals surface area (Å²) in [6, 6.07) is 3.77. The number of nitrogens with zero attached hydrogens (tertiary/aromatic N) is 1. The Morgan fingerprint density at radius 2 is 1.90 bits per heavy atom. The monoisotopic (exact) mass is 281 g/mol. The minimum absolute atomic E-state index is 0.0114. The molecule has 0 bridgehead atoms. The lowest BCUT2D eigenvalue weighted by molar-refractivity contribution is -0.139. The fourth-order valence-corrected chi connectivity index (χ4v) is 2.08. The summed E-state index contributed by atoms with van der Waals surface area (Å²) in [5.41, 5.74) is 0.